The van der Waals surface area contributed by atoms with Crippen molar-refractivity contribution in [1.29, 1.82) is 0 Å². The third-order valence-corrected chi connectivity index (χ3v) is 3.40. The van der Waals surface area contributed by atoms with Gasteiger partial charge in [0.1, 0.15) is 0 Å². The van der Waals surface area contributed by atoms with Crippen LogP contribution in [-0.4, -0.2) is 18.5 Å². The molecule has 0 atom stereocenters. The largest absolute Gasteiger partial charge is 0.382 e. The Hall–Kier alpha value is -1.51. The van der Waals surface area contributed by atoms with Gasteiger partial charge in [0.25, 0.3) is 5.91 Å². The van der Waals surface area contributed by atoms with Crippen molar-refractivity contribution >= 4 is 11.6 Å². The number of nitrogens with one attached hydrogen (secondary N) is 2. The Morgan fingerprint density at radius 2 is 2.17 bits per heavy atom. The van der Waals surface area contributed by atoms with Crippen molar-refractivity contribution < 1.29 is 4.79 Å². The van der Waals surface area contributed by atoms with E-state index in [0.717, 1.165) is 30.1 Å². The SMILES string of the molecule is CCCNC(=O)c1cccc(NC2CC(C)C2)c1. The molecule has 1 saturated carbocycles. The molecule has 1 aliphatic carbocycles. The van der Waals surface area contributed by atoms with Gasteiger partial charge in [0.2, 0.25) is 0 Å². The number of benzene rings is 1. The average molecular weight is 246 g/mol. The van der Waals surface area contributed by atoms with Gasteiger partial charge in [-0.15, -0.1) is 0 Å². The molecule has 0 unspecified atom stereocenters. The molecular formula is C15H22N2O. The molecule has 0 heterocycles. The quantitative estimate of drug-likeness (QED) is 0.838. The van der Waals surface area contributed by atoms with Gasteiger partial charge >= 0.3 is 0 Å². The molecule has 1 aromatic carbocycles. The Labute approximate surface area is 109 Å². The second-order valence-electron chi connectivity index (χ2n) is 5.25. The van der Waals surface area contributed by atoms with Crippen molar-refractivity contribution in [3.8, 4) is 0 Å². The topological polar surface area (TPSA) is 41.1 Å². The first-order valence-electron chi connectivity index (χ1n) is 6.84. The lowest BCUT2D eigenvalue weighted by Gasteiger charge is -2.34. The maximum atomic E-state index is 11.8. The summed E-state index contributed by atoms with van der Waals surface area (Å²) in [5.41, 5.74) is 1.79. The Morgan fingerprint density at radius 1 is 1.39 bits per heavy atom. The smallest absolute Gasteiger partial charge is 0.251 e. The first kappa shape index (κ1) is 12.9. The van der Waals surface area contributed by atoms with Crippen molar-refractivity contribution in [3.05, 3.63) is 29.8 Å². The van der Waals surface area contributed by atoms with Gasteiger partial charge in [0, 0.05) is 23.8 Å². The molecule has 0 aliphatic heterocycles. The van der Waals surface area contributed by atoms with Crippen LogP contribution < -0.4 is 10.6 Å². The van der Waals surface area contributed by atoms with Gasteiger partial charge in [-0.3, -0.25) is 4.79 Å². The summed E-state index contributed by atoms with van der Waals surface area (Å²) >= 11 is 0. The summed E-state index contributed by atoms with van der Waals surface area (Å²) in [6, 6.07) is 8.34. The number of hydrogen-bond donors (Lipinski definition) is 2. The van der Waals surface area contributed by atoms with Crippen LogP contribution in [0.25, 0.3) is 0 Å². The molecular weight excluding hydrogens is 224 g/mol. The van der Waals surface area contributed by atoms with E-state index in [1.165, 1.54) is 12.8 Å². The maximum absolute atomic E-state index is 11.8. The third-order valence-electron chi connectivity index (χ3n) is 3.40. The van der Waals surface area contributed by atoms with Gasteiger partial charge in [-0.05, 0) is 43.4 Å². The van der Waals surface area contributed by atoms with E-state index in [1.807, 2.05) is 24.3 Å². The van der Waals surface area contributed by atoms with E-state index in [9.17, 15) is 4.79 Å². The summed E-state index contributed by atoms with van der Waals surface area (Å²) in [6.45, 7) is 5.06. The first-order chi connectivity index (χ1) is 8.69. The van der Waals surface area contributed by atoms with E-state index in [2.05, 4.69) is 24.5 Å². The lowest BCUT2D eigenvalue weighted by molar-refractivity contribution is 0.0953. The van der Waals surface area contributed by atoms with Crippen molar-refractivity contribution in [1.82, 2.24) is 5.32 Å². The molecule has 1 aliphatic rings. The summed E-state index contributed by atoms with van der Waals surface area (Å²) < 4.78 is 0. The molecule has 1 aromatic rings. The molecule has 1 amide bonds. The van der Waals surface area contributed by atoms with E-state index in [4.69, 9.17) is 0 Å². The van der Waals surface area contributed by atoms with Crippen molar-refractivity contribution in [2.75, 3.05) is 11.9 Å². The van der Waals surface area contributed by atoms with Crippen LogP contribution in [-0.2, 0) is 0 Å². The number of rotatable bonds is 5. The lowest BCUT2D eigenvalue weighted by Crippen LogP contribution is -2.33. The van der Waals surface area contributed by atoms with E-state index in [1.54, 1.807) is 0 Å². The van der Waals surface area contributed by atoms with Crippen molar-refractivity contribution in [3.63, 3.8) is 0 Å². The summed E-state index contributed by atoms with van der Waals surface area (Å²) in [5.74, 6) is 0.848. The van der Waals surface area contributed by atoms with E-state index in [-0.39, 0.29) is 5.91 Å². The Morgan fingerprint density at radius 3 is 2.83 bits per heavy atom. The van der Waals surface area contributed by atoms with Gasteiger partial charge in [0.15, 0.2) is 0 Å². The van der Waals surface area contributed by atoms with Crippen LogP contribution in [0.4, 0.5) is 5.69 Å². The minimum atomic E-state index is 0.0162. The number of hydrogen-bond acceptors (Lipinski definition) is 2. The Kier molecular flexibility index (Phi) is 4.24. The van der Waals surface area contributed by atoms with E-state index < -0.39 is 0 Å². The minimum Gasteiger partial charge on any atom is -0.382 e. The molecule has 0 bridgehead atoms. The zero-order chi connectivity index (χ0) is 13.0. The lowest BCUT2D eigenvalue weighted by atomic mass is 9.82. The van der Waals surface area contributed by atoms with Crippen LogP contribution in [0.3, 0.4) is 0 Å². The van der Waals surface area contributed by atoms with Crippen LogP contribution in [0.5, 0.6) is 0 Å². The van der Waals surface area contributed by atoms with Gasteiger partial charge < -0.3 is 10.6 Å². The highest BCUT2D eigenvalue weighted by Crippen LogP contribution is 2.29. The molecule has 98 valence electrons. The van der Waals surface area contributed by atoms with Crippen molar-refractivity contribution in [2.24, 2.45) is 5.92 Å². The third kappa shape index (κ3) is 3.25. The standard InChI is InChI=1S/C15H22N2O/c1-3-7-16-15(18)12-5-4-6-13(10-12)17-14-8-11(2)9-14/h4-6,10-11,14,17H,3,7-9H2,1-2H3,(H,16,18). The Bertz CT molecular complexity index is 411. The predicted octanol–water partition coefficient (Wildman–Crippen LogP) is 3.04. The molecule has 0 saturated heterocycles. The zero-order valence-corrected chi connectivity index (χ0v) is 11.2. The molecule has 0 radical (unpaired) electrons. The highest BCUT2D eigenvalue weighted by Gasteiger charge is 2.24. The zero-order valence-electron chi connectivity index (χ0n) is 11.2. The molecule has 0 aromatic heterocycles. The van der Waals surface area contributed by atoms with E-state index in [0.29, 0.717) is 6.04 Å². The normalized spacial score (nSPS) is 22.1. The summed E-state index contributed by atoms with van der Waals surface area (Å²) in [4.78, 5) is 11.8. The fraction of sp³-hybridized carbons (Fsp3) is 0.533. The second kappa shape index (κ2) is 5.89. The highest BCUT2D eigenvalue weighted by atomic mass is 16.1. The summed E-state index contributed by atoms with van der Waals surface area (Å²) in [5, 5.41) is 6.38. The highest BCUT2D eigenvalue weighted by molar-refractivity contribution is 5.95. The Balaban J connectivity index is 1.94. The fourth-order valence-corrected chi connectivity index (χ4v) is 2.35. The number of amides is 1. The molecule has 1 fully saturated rings. The van der Waals surface area contributed by atoms with Gasteiger partial charge in [-0.2, -0.15) is 0 Å². The summed E-state index contributed by atoms with van der Waals surface area (Å²) in [7, 11) is 0. The van der Waals surface area contributed by atoms with Crippen LogP contribution in [0.15, 0.2) is 24.3 Å². The fourth-order valence-electron chi connectivity index (χ4n) is 2.35. The number of carbonyl (C=O) groups excluding carboxylic acids is 1. The second-order valence-corrected chi connectivity index (χ2v) is 5.25. The number of anilines is 1. The van der Waals surface area contributed by atoms with Crippen molar-refractivity contribution in [2.45, 2.75) is 39.2 Å². The van der Waals surface area contributed by atoms with Crippen LogP contribution in [0.1, 0.15) is 43.5 Å². The first-order valence-corrected chi connectivity index (χ1v) is 6.84. The van der Waals surface area contributed by atoms with Gasteiger partial charge in [-0.25, -0.2) is 0 Å². The van der Waals surface area contributed by atoms with Gasteiger partial charge in [-0.1, -0.05) is 19.9 Å². The van der Waals surface area contributed by atoms with Crippen LogP contribution >= 0.6 is 0 Å². The van der Waals surface area contributed by atoms with E-state index >= 15 is 0 Å². The average Bonchev–Trinajstić information content (AvgIpc) is 2.34. The van der Waals surface area contributed by atoms with Gasteiger partial charge in [0.05, 0.1) is 0 Å². The molecule has 3 heteroatoms. The molecule has 0 spiro atoms. The number of carbonyl (C=O) groups is 1. The maximum Gasteiger partial charge on any atom is 0.251 e. The molecule has 18 heavy (non-hydrogen) atoms. The monoisotopic (exact) mass is 246 g/mol. The molecule has 3 nitrogen and oxygen atoms in total. The minimum absolute atomic E-state index is 0.0162. The predicted molar refractivity (Wildman–Crippen MR) is 74.9 cm³/mol. The van der Waals surface area contributed by atoms with Crippen LogP contribution in [0.2, 0.25) is 0 Å². The molecule has 2 rings (SSSR count). The van der Waals surface area contributed by atoms with Crippen LogP contribution in [0, 0.1) is 5.92 Å². The molecule has 2 N–H and O–H groups in total. The summed E-state index contributed by atoms with van der Waals surface area (Å²) in [6.07, 6.45) is 3.42.